The number of aliphatic carboxylic acids is 1. The number of carboxylic acid groups (broad SMARTS) is 1. The third-order valence-electron chi connectivity index (χ3n) is 5.55. The molecule has 0 saturated carbocycles. The van der Waals surface area contributed by atoms with Gasteiger partial charge < -0.3 is 53.2 Å². The van der Waals surface area contributed by atoms with Crippen LogP contribution in [0.3, 0.4) is 0 Å². The molecule has 204 valence electrons. The fourth-order valence-electron chi connectivity index (χ4n) is 3.95. The Balaban J connectivity index is 0.00000267. The Bertz CT molecular complexity index is 1320. The molecule has 1 saturated heterocycles. The number of fused-ring (bicyclic) bond motifs is 1. The van der Waals surface area contributed by atoms with E-state index in [-0.39, 0.29) is 88.5 Å². The van der Waals surface area contributed by atoms with Gasteiger partial charge in [-0.25, -0.2) is 4.98 Å². The molecule has 15 nitrogen and oxygen atoms in total. The van der Waals surface area contributed by atoms with Gasteiger partial charge in [-0.05, 0) is 0 Å². The molecule has 0 aliphatic carbocycles. The normalized spacial score (nSPS) is 18.2. The predicted molar refractivity (Wildman–Crippen MR) is 128 cm³/mol. The number of hydrogen-bond acceptors (Lipinski definition) is 13. The van der Waals surface area contributed by atoms with Gasteiger partial charge in [0.05, 0.1) is 22.6 Å². The van der Waals surface area contributed by atoms with Crippen molar-refractivity contribution in [2.45, 2.75) is 24.5 Å². The first-order valence-electron chi connectivity index (χ1n) is 10.7. The topological polar surface area (TPSA) is 211 Å². The van der Waals surface area contributed by atoms with Crippen LogP contribution in [0.2, 0.25) is 0 Å². The van der Waals surface area contributed by atoms with Crippen molar-refractivity contribution < 1.29 is 85.1 Å². The summed E-state index contributed by atoms with van der Waals surface area (Å²) in [7, 11) is 1.26. The minimum absolute atomic E-state index is 0. The van der Waals surface area contributed by atoms with Gasteiger partial charge in [-0.2, -0.15) is 0 Å². The minimum atomic E-state index is -1.52. The quantitative estimate of drug-likeness (QED) is 0.0394. The molecule has 2 aliphatic rings. The van der Waals surface area contributed by atoms with Crippen LogP contribution in [0.15, 0.2) is 34.9 Å². The number of carbonyl (C=O) groups is 4. The van der Waals surface area contributed by atoms with Gasteiger partial charge in [0, 0.05) is 17.5 Å². The number of anilines is 2. The molecule has 2 atom stereocenters. The van der Waals surface area contributed by atoms with E-state index in [0.29, 0.717) is 22.7 Å². The number of nitrogen functional groups attached to an aromatic ring is 2. The zero-order valence-electron chi connectivity index (χ0n) is 20.7. The van der Waals surface area contributed by atoms with Crippen molar-refractivity contribution in [2.24, 2.45) is 5.16 Å². The van der Waals surface area contributed by atoms with Gasteiger partial charge in [-0.1, -0.05) is 16.5 Å². The zero-order chi connectivity index (χ0) is 26.7. The average molecular weight is 653 g/mol. The fourth-order valence-corrected chi connectivity index (χ4v) is 5.94. The predicted octanol–water partition coefficient (Wildman–Crippen LogP) is -8.97. The third kappa shape index (κ3) is 6.75. The monoisotopic (exact) mass is 652 g/mol. The van der Waals surface area contributed by atoms with Gasteiger partial charge in [-0.3, -0.25) is 19.3 Å². The molecular formula is C20H22BrN8NaO7S2. The van der Waals surface area contributed by atoms with Crippen LogP contribution < -0.4 is 73.1 Å². The summed E-state index contributed by atoms with van der Waals surface area (Å²) >= 11 is 2.31. The van der Waals surface area contributed by atoms with E-state index in [1.165, 1.54) is 25.1 Å². The molecule has 1 fully saturated rings. The molecule has 2 aliphatic heterocycles. The number of rotatable bonds is 11. The maximum Gasteiger partial charge on any atom is 1.00 e. The van der Waals surface area contributed by atoms with Crippen LogP contribution in [0, 0.1) is 0 Å². The summed E-state index contributed by atoms with van der Waals surface area (Å²) in [5.74, 6) is -2.20. The average Bonchev–Trinajstić information content (AvgIpc) is 3.45. The smallest absolute Gasteiger partial charge is 1.00 e. The number of halogens is 1. The minimum Gasteiger partial charge on any atom is -1.00 e. The number of amides is 2. The van der Waals surface area contributed by atoms with Crippen molar-refractivity contribution in [3.8, 4) is 0 Å². The maximum absolute atomic E-state index is 13.0. The van der Waals surface area contributed by atoms with E-state index in [2.05, 4.69) is 15.5 Å². The summed E-state index contributed by atoms with van der Waals surface area (Å²) in [6.07, 6.45) is 3.01. The number of thiazole rings is 1. The van der Waals surface area contributed by atoms with Crippen LogP contribution in [0.5, 0.6) is 0 Å². The Labute approximate surface area is 262 Å². The van der Waals surface area contributed by atoms with E-state index in [4.69, 9.17) is 21.0 Å². The number of nitrogens with two attached hydrogens (primary N) is 2. The maximum atomic E-state index is 13.0. The molecule has 2 aromatic rings. The van der Waals surface area contributed by atoms with Crippen LogP contribution in [0.25, 0.3) is 0 Å². The van der Waals surface area contributed by atoms with Crippen molar-refractivity contribution >= 4 is 64.0 Å². The first kappa shape index (κ1) is 32.6. The molecule has 2 aromatic heterocycles. The number of hydrogen-bond donors (Lipinski definition) is 3. The number of oxime groups is 1. The van der Waals surface area contributed by atoms with E-state index < -0.39 is 29.2 Å². The van der Waals surface area contributed by atoms with Gasteiger partial charge in [0.25, 0.3) is 18.3 Å². The Morgan fingerprint density at radius 2 is 2.15 bits per heavy atom. The molecule has 19 heteroatoms. The first-order chi connectivity index (χ1) is 17.8. The molecule has 0 spiro atoms. The van der Waals surface area contributed by atoms with Gasteiger partial charge in [-0.15, -0.1) is 21.1 Å². The molecule has 4 heterocycles. The number of ether oxygens (including phenoxy) is 1. The Morgan fingerprint density at radius 1 is 1.41 bits per heavy atom. The molecular weight excluding hydrogens is 631 g/mol. The van der Waals surface area contributed by atoms with Crippen molar-refractivity contribution in [1.82, 2.24) is 19.9 Å². The van der Waals surface area contributed by atoms with E-state index >= 15 is 0 Å². The van der Waals surface area contributed by atoms with Crippen molar-refractivity contribution in [3.63, 3.8) is 0 Å². The molecule has 0 radical (unpaired) electrons. The van der Waals surface area contributed by atoms with Crippen LogP contribution in [0.1, 0.15) is 4.88 Å². The number of β-lactam (4-membered cyclic amide) rings is 1. The molecule has 0 aromatic carbocycles. The van der Waals surface area contributed by atoms with Gasteiger partial charge in [0.2, 0.25) is 0 Å². The number of carbonyl (C=O) groups excluding carboxylic acids is 4. The van der Waals surface area contributed by atoms with Crippen molar-refractivity contribution in [1.29, 1.82) is 0 Å². The van der Waals surface area contributed by atoms with E-state index in [9.17, 15) is 24.3 Å². The molecule has 1 unspecified atom stereocenters. The second-order valence-corrected chi connectivity index (χ2v) is 9.88. The largest absolute Gasteiger partial charge is 1.00 e. The number of nitrogens with zero attached hydrogens (tertiary/aromatic N) is 5. The Morgan fingerprint density at radius 3 is 2.77 bits per heavy atom. The molecule has 2 amide bonds. The van der Waals surface area contributed by atoms with Gasteiger partial charge in [0.1, 0.15) is 31.7 Å². The molecule has 39 heavy (non-hydrogen) atoms. The number of nitrogens with one attached hydrogen (secondary N) is 1. The summed E-state index contributed by atoms with van der Waals surface area (Å²) < 4.78 is 7.99. The number of aromatic nitrogens is 3. The van der Waals surface area contributed by atoms with Crippen molar-refractivity contribution in [2.75, 3.05) is 30.9 Å². The SMILES string of the molecule is CO/N=C(\C(=O)N[C@@H]1C(=O)N2C(C(=O)[O-])=C(C[n+]3ccc(N)n3CCOC=O)CSC12)c1cnc(N)s1.[Br-].[Na+]. The molecule has 5 N–H and O–H groups in total. The summed E-state index contributed by atoms with van der Waals surface area (Å²) in [4.78, 5) is 58.5. The first-order valence-corrected chi connectivity index (χ1v) is 12.5. The van der Waals surface area contributed by atoms with Crippen LogP contribution in [-0.2, 0) is 41.8 Å². The second-order valence-electron chi connectivity index (χ2n) is 7.71. The number of carboxylic acids is 1. The van der Waals surface area contributed by atoms with E-state index in [1.54, 1.807) is 21.6 Å². The fraction of sp³-hybridized carbons (Fsp3) is 0.350. The zero-order valence-corrected chi connectivity index (χ0v) is 26.0. The van der Waals surface area contributed by atoms with Crippen molar-refractivity contribution in [3.05, 3.63) is 34.6 Å². The number of thioether (sulfide) groups is 1. The van der Waals surface area contributed by atoms with Crippen LogP contribution >= 0.6 is 23.1 Å². The summed E-state index contributed by atoms with van der Waals surface area (Å²) in [5.41, 5.74) is 11.6. The van der Waals surface area contributed by atoms with E-state index in [0.717, 1.165) is 16.2 Å². The summed E-state index contributed by atoms with van der Waals surface area (Å²) in [6, 6.07) is 0.628. The second kappa shape index (κ2) is 14.1. The molecule has 4 rings (SSSR count). The van der Waals surface area contributed by atoms with E-state index in [1.807, 2.05) is 0 Å². The Hall–Kier alpha value is -2.64. The Kier molecular flexibility index (Phi) is 11.8. The van der Waals surface area contributed by atoms with Gasteiger partial charge in [0.15, 0.2) is 29.4 Å². The van der Waals surface area contributed by atoms with Gasteiger partial charge >= 0.3 is 29.6 Å². The van der Waals surface area contributed by atoms with Crippen LogP contribution in [0.4, 0.5) is 10.9 Å². The summed E-state index contributed by atoms with van der Waals surface area (Å²) in [5, 5.41) is 18.0. The summed E-state index contributed by atoms with van der Waals surface area (Å²) in [6.45, 7) is 0.731. The van der Waals surface area contributed by atoms with Crippen LogP contribution in [-0.4, -0.2) is 75.4 Å². The standard InChI is InChI=1S/C20H22N8O7S2.BrH.Na/c1-34-25-13(11-6-23-20(22)37-11)16(30)24-14-17(31)28-15(19(32)33)10(8-36-18(14)28)7-26-3-2-12(21)27(26)4-5-35-9-29;;/h2-3,6,9,14,18,21H,4-5,7-8H2,1H3,(H4,22,23,24,25,30,32,33);1H;/q;;+1/p-1/t14-,18?;;/m1../s1. The molecule has 0 bridgehead atoms. The third-order valence-corrected chi connectivity index (χ3v) is 7.72.